The Kier molecular flexibility index (Phi) is 5.92. The fourth-order valence-electron chi connectivity index (χ4n) is 2.31. The highest BCUT2D eigenvalue weighted by Gasteiger charge is 2.43. The highest BCUT2D eigenvalue weighted by molar-refractivity contribution is 7.70. The molecule has 11 heteroatoms. The van der Waals surface area contributed by atoms with Gasteiger partial charge in [-0.2, -0.15) is 0 Å². The van der Waals surface area contributed by atoms with Crippen LogP contribution in [0.3, 0.4) is 0 Å². The van der Waals surface area contributed by atoms with Crippen LogP contribution in [0.4, 0.5) is 0 Å². The van der Waals surface area contributed by atoms with Crippen LogP contribution < -0.4 is 5.32 Å². The van der Waals surface area contributed by atoms with Gasteiger partial charge in [-0.25, -0.2) is 0 Å². The number of hydrogen-bond donors (Lipinski definition) is 6. The van der Waals surface area contributed by atoms with Gasteiger partial charge in [-0.1, -0.05) is 6.42 Å². The Hall–Kier alpha value is -0.270. The summed E-state index contributed by atoms with van der Waals surface area (Å²) in [5.41, 5.74) is 0. The molecule has 0 aromatic heterocycles. The van der Waals surface area contributed by atoms with Crippen molar-refractivity contribution in [3.8, 4) is 0 Å². The van der Waals surface area contributed by atoms with Crippen molar-refractivity contribution in [2.75, 3.05) is 6.54 Å². The number of nitrogens with one attached hydrogen (secondary N) is 1. The maximum absolute atomic E-state index is 11.1. The average molecular weight is 331 g/mol. The Morgan fingerprint density at radius 1 is 1.15 bits per heavy atom. The first kappa shape index (κ1) is 17.8. The summed E-state index contributed by atoms with van der Waals surface area (Å²) in [6, 6.07) is -0.314. The molecule has 1 aliphatic carbocycles. The van der Waals surface area contributed by atoms with Gasteiger partial charge in [0, 0.05) is 12.6 Å². The minimum Gasteiger partial charge on any atom is -0.481 e. The first-order valence-corrected chi connectivity index (χ1v) is 9.44. The summed E-state index contributed by atoms with van der Waals surface area (Å²) in [6.07, 6.45) is 2.07. The lowest BCUT2D eigenvalue weighted by Crippen LogP contribution is -2.40. The first-order chi connectivity index (χ1) is 9.01. The third-order valence-corrected chi connectivity index (χ3v) is 7.11. The molecule has 0 aromatic carbocycles. The summed E-state index contributed by atoms with van der Waals surface area (Å²) in [6.45, 7) is -0.550. The van der Waals surface area contributed by atoms with Gasteiger partial charge in [0.05, 0.1) is 5.92 Å². The molecule has 9 nitrogen and oxygen atoms in total. The Morgan fingerprint density at radius 3 is 2.15 bits per heavy atom. The number of aliphatic carboxylic acids is 1. The summed E-state index contributed by atoms with van der Waals surface area (Å²) in [5.74, 6) is -1.47. The van der Waals surface area contributed by atoms with Crippen molar-refractivity contribution < 1.29 is 38.6 Å². The second kappa shape index (κ2) is 6.66. The summed E-state index contributed by atoms with van der Waals surface area (Å²) in [5, 5.41) is 9.49. The molecule has 118 valence electrons. The lowest BCUT2D eigenvalue weighted by atomic mass is 9.86. The van der Waals surface area contributed by atoms with Crippen LogP contribution >= 0.6 is 15.2 Å². The highest BCUT2D eigenvalue weighted by Crippen LogP contribution is 2.59. The van der Waals surface area contributed by atoms with Crippen molar-refractivity contribution in [2.24, 2.45) is 5.92 Å². The number of hydrogen-bond acceptors (Lipinski definition) is 4. The van der Waals surface area contributed by atoms with Crippen molar-refractivity contribution in [1.82, 2.24) is 5.32 Å². The molecule has 0 heterocycles. The van der Waals surface area contributed by atoms with E-state index in [0.29, 0.717) is 19.3 Å². The van der Waals surface area contributed by atoms with Gasteiger partial charge in [0.25, 0.3) is 0 Å². The lowest BCUT2D eigenvalue weighted by Gasteiger charge is -2.29. The van der Waals surface area contributed by atoms with Crippen LogP contribution in [0.15, 0.2) is 0 Å². The predicted molar refractivity (Wildman–Crippen MR) is 69.3 cm³/mol. The summed E-state index contributed by atoms with van der Waals surface area (Å²) < 4.78 is 22.2. The van der Waals surface area contributed by atoms with E-state index in [0.717, 1.165) is 0 Å². The molecule has 1 aliphatic rings. The number of rotatable bonds is 6. The van der Waals surface area contributed by atoms with Gasteiger partial charge >= 0.3 is 21.2 Å². The zero-order valence-electron chi connectivity index (χ0n) is 10.6. The van der Waals surface area contributed by atoms with Crippen molar-refractivity contribution in [3.05, 3.63) is 0 Å². The fourth-order valence-corrected chi connectivity index (χ4v) is 4.56. The Morgan fingerprint density at radius 2 is 1.70 bits per heavy atom. The molecule has 0 aliphatic heterocycles. The van der Waals surface area contributed by atoms with E-state index in [1.165, 1.54) is 0 Å². The molecule has 2 atom stereocenters. The van der Waals surface area contributed by atoms with E-state index < -0.39 is 39.0 Å². The van der Waals surface area contributed by atoms with Gasteiger partial charge in [0.15, 0.2) is 5.40 Å². The third kappa shape index (κ3) is 5.26. The van der Waals surface area contributed by atoms with Crippen LogP contribution in [0.5, 0.6) is 0 Å². The van der Waals surface area contributed by atoms with Gasteiger partial charge in [0.2, 0.25) is 0 Å². The predicted octanol–water partition coefficient (Wildman–Crippen LogP) is -0.0991. The molecule has 1 fully saturated rings. The molecular formula is C9H19NO8P2. The highest BCUT2D eigenvalue weighted by atomic mass is 31.2. The van der Waals surface area contributed by atoms with Crippen LogP contribution in [-0.4, -0.2) is 48.6 Å². The maximum Gasteiger partial charge on any atom is 0.342 e. The quantitative estimate of drug-likeness (QED) is 0.364. The molecule has 0 saturated heterocycles. The minimum absolute atomic E-state index is 0.282. The van der Waals surface area contributed by atoms with Gasteiger partial charge in [-0.3, -0.25) is 13.9 Å². The van der Waals surface area contributed by atoms with Gasteiger partial charge in [0.1, 0.15) is 0 Å². The first-order valence-electron chi connectivity index (χ1n) is 6.08. The zero-order chi connectivity index (χ0) is 15.6. The Bertz CT molecular complexity index is 421. The Labute approximate surface area is 115 Å². The Balaban J connectivity index is 2.62. The molecule has 0 bridgehead atoms. The van der Waals surface area contributed by atoms with E-state index in [9.17, 15) is 13.9 Å². The maximum atomic E-state index is 11.1. The molecule has 0 amide bonds. The molecule has 20 heavy (non-hydrogen) atoms. The lowest BCUT2D eigenvalue weighted by molar-refractivity contribution is -0.143. The number of carbonyl (C=O) groups is 1. The summed E-state index contributed by atoms with van der Waals surface area (Å²) >= 11 is 0. The molecule has 0 radical (unpaired) electrons. The number of carboxylic acids is 1. The fraction of sp³-hybridized carbons (Fsp3) is 0.889. The van der Waals surface area contributed by atoms with E-state index in [2.05, 4.69) is 5.32 Å². The van der Waals surface area contributed by atoms with E-state index in [1.807, 2.05) is 0 Å². The molecule has 0 spiro atoms. The number of carboxylic acid groups (broad SMARTS) is 1. The minimum atomic E-state index is -4.94. The molecule has 0 aromatic rings. The summed E-state index contributed by atoms with van der Waals surface area (Å²) in [4.78, 5) is 46.7. The van der Waals surface area contributed by atoms with Crippen LogP contribution in [0.2, 0.25) is 0 Å². The van der Waals surface area contributed by atoms with Gasteiger partial charge in [-0.05, 0) is 19.3 Å². The SMILES string of the molecule is O=C(O)C1CCCC(NCC(P(=O)(O)O)P(=O)(O)O)C1. The normalized spacial score (nSPS) is 24.9. The van der Waals surface area contributed by atoms with Crippen LogP contribution in [0, 0.1) is 5.92 Å². The topological polar surface area (TPSA) is 164 Å². The van der Waals surface area contributed by atoms with Crippen LogP contribution in [0.1, 0.15) is 25.7 Å². The third-order valence-electron chi connectivity index (χ3n) is 3.39. The molecule has 1 rings (SSSR count). The second-order valence-corrected chi connectivity index (χ2v) is 8.98. The van der Waals surface area contributed by atoms with Crippen molar-refractivity contribution in [1.29, 1.82) is 0 Å². The summed E-state index contributed by atoms with van der Waals surface area (Å²) in [7, 11) is -9.88. The van der Waals surface area contributed by atoms with Crippen molar-refractivity contribution in [3.63, 3.8) is 0 Å². The van der Waals surface area contributed by atoms with E-state index in [4.69, 9.17) is 24.7 Å². The zero-order valence-corrected chi connectivity index (χ0v) is 12.4. The van der Waals surface area contributed by atoms with Crippen molar-refractivity contribution >= 4 is 21.2 Å². The molecule has 2 unspecified atom stereocenters. The molecule has 1 saturated carbocycles. The standard InChI is InChI=1S/C9H19NO8P2/c11-9(12)6-2-1-3-7(4-6)10-5-8(19(13,14)15)20(16,17)18/h6-8,10H,1-5H2,(H,11,12)(H2,13,14,15)(H2,16,17,18). The average Bonchev–Trinajstić information content (AvgIpc) is 2.25. The second-order valence-electron chi connectivity index (χ2n) is 4.97. The van der Waals surface area contributed by atoms with E-state index in [1.54, 1.807) is 0 Å². The van der Waals surface area contributed by atoms with Crippen LogP contribution in [-0.2, 0) is 13.9 Å². The van der Waals surface area contributed by atoms with Gasteiger partial charge in [-0.15, -0.1) is 0 Å². The smallest absolute Gasteiger partial charge is 0.342 e. The van der Waals surface area contributed by atoms with Crippen molar-refractivity contribution in [2.45, 2.75) is 37.1 Å². The van der Waals surface area contributed by atoms with E-state index in [-0.39, 0.29) is 12.5 Å². The molecule has 6 N–H and O–H groups in total. The molecular weight excluding hydrogens is 312 g/mol. The largest absolute Gasteiger partial charge is 0.481 e. The van der Waals surface area contributed by atoms with E-state index >= 15 is 0 Å². The van der Waals surface area contributed by atoms with Gasteiger partial charge < -0.3 is 30.0 Å². The monoisotopic (exact) mass is 331 g/mol. The van der Waals surface area contributed by atoms with Crippen LogP contribution in [0.25, 0.3) is 0 Å².